The Balaban J connectivity index is 1.37. The van der Waals surface area contributed by atoms with Crippen LogP contribution in [0, 0.1) is 5.41 Å². The van der Waals surface area contributed by atoms with Crippen molar-refractivity contribution in [3.8, 4) is 0 Å². The van der Waals surface area contributed by atoms with Gasteiger partial charge in [0, 0.05) is 44.9 Å². The van der Waals surface area contributed by atoms with Crippen LogP contribution in [0.15, 0.2) is 30.3 Å². The molecular weight excluding hydrogens is 300 g/mol. The van der Waals surface area contributed by atoms with Crippen molar-refractivity contribution in [2.24, 2.45) is 5.41 Å². The maximum atomic E-state index is 12.4. The second-order valence-electron chi connectivity index (χ2n) is 7.50. The fraction of sp³-hybridized carbons (Fsp3) is 0.600. The number of aryl methyl sites for hydroxylation is 1. The van der Waals surface area contributed by atoms with Gasteiger partial charge in [-0.15, -0.1) is 0 Å². The van der Waals surface area contributed by atoms with Crippen LogP contribution in [-0.2, 0) is 16.0 Å². The van der Waals surface area contributed by atoms with Crippen LogP contribution in [0.4, 0.5) is 0 Å². The van der Waals surface area contributed by atoms with Gasteiger partial charge in [-0.1, -0.05) is 30.3 Å². The Morgan fingerprint density at radius 2 is 1.83 bits per heavy atom. The SMILES string of the molecule is CN1CC2(CCN(C(=O)CCCCc3ccccc3)CC2)CC1=O. The third-order valence-electron chi connectivity index (χ3n) is 5.65. The van der Waals surface area contributed by atoms with Gasteiger partial charge in [-0.05, 0) is 37.7 Å². The third-order valence-corrected chi connectivity index (χ3v) is 5.65. The molecule has 4 nitrogen and oxygen atoms in total. The molecule has 0 saturated carbocycles. The Morgan fingerprint density at radius 3 is 2.46 bits per heavy atom. The number of nitrogens with zero attached hydrogens (tertiary/aromatic N) is 2. The molecular formula is C20H28N2O2. The van der Waals surface area contributed by atoms with E-state index in [1.54, 1.807) is 0 Å². The predicted octanol–water partition coefficient (Wildman–Crippen LogP) is 2.87. The van der Waals surface area contributed by atoms with Gasteiger partial charge < -0.3 is 9.80 Å². The van der Waals surface area contributed by atoms with Crippen LogP contribution < -0.4 is 0 Å². The molecule has 2 heterocycles. The third kappa shape index (κ3) is 3.97. The van der Waals surface area contributed by atoms with Gasteiger partial charge >= 0.3 is 0 Å². The van der Waals surface area contributed by atoms with Crippen LogP contribution in [0.25, 0.3) is 0 Å². The van der Waals surface area contributed by atoms with Crippen molar-refractivity contribution in [3.05, 3.63) is 35.9 Å². The highest BCUT2D eigenvalue weighted by molar-refractivity contribution is 5.79. The minimum absolute atomic E-state index is 0.135. The van der Waals surface area contributed by atoms with E-state index in [4.69, 9.17) is 0 Å². The largest absolute Gasteiger partial charge is 0.345 e. The van der Waals surface area contributed by atoms with E-state index in [1.165, 1.54) is 5.56 Å². The van der Waals surface area contributed by atoms with Crippen LogP contribution in [0.2, 0.25) is 0 Å². The van der Waals surface area contributed by atoms with Crippen molar-refractivity contribution in [1.82, 2.24) is 9.80 Å². The Labute approximate surface area is 144 Å². The molecule has 0 unspecified atom stereocenters. The van der Waals surface area contributed by atoms with Crippen LogP contribution in [-0.4, -0.2) is 48.3 Å². The average Bonchev–Trinajstić information content (AvgIpc) is 2.86. The van der Waals surface area contributed by atoms with Crippen molar-refractivity contribution in [2.45, 2.75) is 44.9 Å². The van der Waals surface area contributed by atoms with Gasteiger partial charge in [-0.2, -0.15) is 0 Å². The first-order valence-electron chi connectivity index (χ1n) is 9.14. The molecule has 2 fully saturated rings. The minimum Gasteiger partial charge on any atom is -0.345 e. The monoisotopic (exact) mass is 328 g/mol. The van der Waals surface area contributed by atoms with Crippen molar-refractivity contribution < 1.29 is 9.59 Å². The molecule has 0 aromatic heterocycles. The van der Waals surface area contributed by atoms with E-state index in [1.807, 2.05) is 22.9 Å². The van der Waals surface area contributed by atoms with E-state index in [0.717, 1.165) is 51.7 Å². The number of carbonyl (C=O) groups is 2. The first-order valence-corrected chi connectivity index (χ1v) is 9.14. The molecule has 1 aromatic rings. The number of carbonyl (C=O) groups excluding carboxylic acids is 2. The van der Waals surface area contributed by atoms with Crippen molar-refractivity contribution >= 4 is 11.8 Å². The lowest BCUT2D eigenvalue weighted by Crippen LogP contribution is -2.44. The van der Waals surface area contributed by atoms with Crippen LogP contribution in [0.5, 0.6) is 0 Å². The molecule has 0 N–H and O–H groups in total. The summed E-state index contributed by atoms with van der Waals surface area (Å²) in [4.78, 5) is 28.0. The molecule has 0 atom stereocenters. The molecule has 2 amide bonds. The van der Waals surface area contributed by atoms with Gasteiger partial charge in [0.05, 0.1) is 0 Å². The lowest BCUT2D eigenvalue weighted by molar-refractivity contribution is -0.133. The Hall–Kier alpha value is -1.84. The summed E-state index contributed by atoms with van der Waals surface area (Å²) in [5, 5.41) is 0. The summed E-state index contributed by atoms with van der Waals surface area (Å²) in [6.45, 7) is 2.50. The van der Waals surface area contributed by atoms with E-state index < -0.39 is 0 Å². The first-order chi connectivity index (χ1) is 11.6. The maximum absolute atomic E-state index is 12.4. The van der Waals surface area contributed by atoms with Crippen molar-refractivity contribution in [2.75, 3.05) is 26.7 Å². The van der Waals surface area contributed by atoms with Crippen molar-refractivity contribution in [3.63, 3.8) is 0 Å². The molecule has 24 heavy (non-hydrogen) atoms. The minimum atomic E-state index is 0.135. The lowest BCUT2D eigenvalue weighted by atomic mass is 9.77. The maximum Gasteiger partial charge on any atom is 0.222 e. The molecule has 0 radical (unpaired) electrons. The first kappa shape index (κ1) is 17.0. The quantitative estimate of drug-likeness (QED) is 0.780. The van der Waals surface area contributed by atoms with Crippen LogP contribution in [0.3, 0.4) is 0 Å². The van der Waals surface area contributed by atoms with E-state index in [9.17, 15) is 9.59 Å². The number of likely N-dealkylation sites (tertiary alicyclic amines) is 2. The average molecular weight is 328 g/mol. The summed E-state index contributed by atoms with van der Waals surface area (Å²) in [5.74, 6) is 0.547. The topological polar surface area (TPSA) is 40.6 Å². The second kappa shape index (κ2) is 7.37. The lowest BCUT2D eigenvalue weighted by Gasteiger charge is -2.38. The number of amides is 2. The van der Waals surface area contributed by atoms with Gasteiger partial charge in [-0.3, -0.25) is 9.59 Å². The number of benzene rings is 1. The van der Waals surface area contributed by atoms with Crippen molar-refractivity contribution in [1.29, 1.82) is 0 Å². The summed E-state index contributed by atoms with van der Waals surface area (Å²) in [6.07, 6.45) is 6.33. The zero-order valence-electron chi connectivity index (χ0n) is 14.7. The molecule has 1 aromatic carbocycles. The standard InChI is InChI=1S/C20H28N2O2/c1-21-16-20(15-19(21)24)11-13-22(14-12-20)18(23)10-6-5-9-17-7-3-2-4-8-17/h2-4,7-8H,5-6,9-16H2,1H3. The van der Waals surface area contributed by atoms with E-state index >= 15 is 0 Å². The highest BCUT2D eigenvalue weighted by atomic mass is 16.2. The van der Waals surface area contributed by atoms with Gasteiger partial charge in [-0.25, -0.2) is 0 Å². The fourth-order valence-corrected chi connectivity index (χ4v) is 4.08. The number of hydrogen-bond acceptors (Lipinski definition) is 2. The fourth-order valence-electron chi connectivity index (χ4n) is 4.08. The van der Waals surface area contributed by atoms with Gasteiger partial charge in [0.2, 0.25) is 11.8 Å². The van der Waals surface area contributed by atoms with Gasteiger partial charge in [0.1, 0.15) is 0 Å². The van der Waals surface area contributed by atoms with Gasteiger partial charge in [0.15, 0.2) is 0 Å². The summed E-state index contributed by atoms with van der Waals surface area (Å²) in [5.41, 5.74) is 1.48. The molecule has 2 aliphatic rings. The Bertz CT molecular complexity index is 577. The number of piperidine rings is 1. The molecule has 3 rings (SSSR count). The highest BCUT2D eigenvalue weighted by Crippen LogP contribution is 2.40. The summed E-state index contributed by atoms with van der Waals surface area (Å²) in [6, 6.07) is 10.5. The number of unbranched alkanes of at least 4 members (excludes halogenated alkanes) is 1. The highest BCUT2D eigenvalue weighted by Gasteiger charge is 2.43. The molecule has 2 aliphatic heterocycles. The second-order valence-corrected chi connectivity index (χ2v) is 7.50. The number of rotatable bonds is 5. The smallest absolute Gasteiger partial charge is 0.222 e. The summed E-state index contributed by atoms with van der Waals surface area (Å²) < 4.78 is 0. The molecule has 0 aliphatic carbocycles. The molecule has 2 saturated heterocycles. The van der Waals surface area contributed by atoms with Crippen LogP contribution in [0.1, 0.15) is 44.1 Å². The van der Waals surface area contributed by atoms with E-state index in [0.29, 0.717) is 12.8 Å². The van der Waals surface area contributed by atoms with Gasteiger partial charge in [0.25, 0.3) is 0 Å². The summed E-state index contributed by atoms with van der Waals surface area (Å²) in [7, 11) is 1.89. The Kier molecular flexibility index (Phi) is 5.22. The molecule has 130 valence electrons. The number of hydrogen-bond donors (Lipinski definition) is 0. The molecule has 1 spiro atoms. The Morgan fingerprint density at radius 1 is 1.12 bits per heavy atom. The summed E-state index contributed by atoms with van der Waals surface area (Å²) >= 11 is 0. The van der Waals surface area contributed by atoms with E-state index in [-0.39, 0.29) is 17.2 Å². The molecule has 4 heteroatoms. The van der Waals surface area contributed by atoms with Crippen LogP contribution >= 0.6 is 0 Å². The zero-order chi connectivity index (χ0) is 17.0. The molecule has 0 bridgehead atoms. The zero-order valence-corrected chi connectivity index (χ0v) is 14.7. The van der Waals surface area contributed by atoms with E-state index in [2.05, 4.69) is 24.3 Å². The predicted molar refractivity (Wildman–Crippen MR) is 94.5 cm³/mol. The normalized spacial score (nSPS) is 20.0.